The predicted octanol–water partition coefficient (Wildman–Crippen LogP) is 4.10. The van der Waals surface area contributed by atoms with Crippen LogP contribution >= 0.6 is 15.9 Å². The number of benzene rings is 1. The van der Waals surface area contributed by atoms with Crippen LogP contribution in [0.3, 0.4) is 0 Å². The van der Waals surface area contributed by atoms with E-state index in [9.17, 15) is 4.39 Å². The third-order valence-electron chi connectivity index (χ3n) is 3.44. The average Bonchev–Trinajstić information content (AvgIpc) is 2.81. The van der Waals surface area contributed by atoms with E-state index >= 15 is 0 Å². The highest BCUT2D eigenvalue weighted by Gasteiger charge is 2.23. The highest BCUT2D eigenvalue weighted by atomic mass is 79.9. The van der Waals surface area contributed by atoms with Crippen molar-refractivity contribution in [2.45, 2.75) is 37.1 Å². The van der Waals surface area contributed by atoms with Crippen LogP contribution in [0.15, 0.2) is 18.2 Å². The van der Waals surface area contributed by atoms with Gasteiger partial charge in [0.2, 0.25) is 0 Å². The average molecular weight is 286 g/mol. The molecule has 0 atom stereocenters. The molecule has 0 aliphatic heterocycles. The normalized spacial score (nSPS) is 16.7. The Morgan fingerprint density at radius 1 is 1.38 bits per heavy atom. The molecule has 1 fully saturated rings. The van der Waals surface area contributed by atoms with Gasteiger partial charge in [-0.1, -0.05) is 40.9 Å². The Morgan fingerprint density at radius 3 is 2.69 bits per heavy atom. The van der Waals surface area contributed by atoms with Gasteiger partial charge in [0.15, 0.2) is 0 Å². The molecule has 0 spiro atoms. The van der Waals surface area contributed by atoms with E-state index in [0.717, 1.165) is 11.3 Å². The lowest BCUT2D eigenvalue weighted by Crippen LogP contribution is -2.30. The van der Waals surface area contributed by atoms with Crippen molar-refractivity contribution < 1.29 is 4.39 Å². The topological polar surface area (TPSA) is 3.24 Å². The molecule has 1 aromatic carbocycles. The van der Waals surface area contributed by atoms with Crippen molar-refractivity contribution in [2.24, 2.45) is 0 Å². The molecule has 16 heavy (non-hydrogen) atoms. The van der Waals surface area contributed by atoms with E-state index in [1.807, 2.05) is 13.1 Å². The summed E-state index contributed by atoms with van der Waals surface area (Å²) < 4.78 is 13.9. The molecule has 88 valence electrons. The Bertz CT molecular complexity index is 361. The zero-order valence-electron chi connectivity index (χ0n) is 9.55. The maximum absolute atomic E-state index is 13.9. The van der Waals surface area contributed by atoms with E-state index in [-0.39, 0.29) is 5.82 Å². The molecular weight excluding hydrogens is 269 g/mol. The van der Waals surface area contributed by atoms with E-state index < -0.39 is 0 Å². The summed E-state index contributed by atoms with van der Waals surface area (Å²) >= 11 is 3.43. The van der Waals surface area contributed by atoms with Crippen LogP contribution in [-0.4, -0.2) is 13.1 Å². The van der Waals surface area contributed by atoms with Gasteiger partial charge in [-0.3, -0.25) is 0 Å². The lowest BCUT2D eigenvalue weighted by Gasteiger charge is -2.28. The second-order valence-electron chi connectivity index (χ2n) is 4.43. The fourth-order valence-corrected chi connectivity index (χ4v) is 2.99. The molecule has 1 aliphatic carbocycles. The van der Waals surface area contributed by atoms with Gasteiger partial charge >= 0.3 is 0 Å². The lowest BCUT2D eigenvalue weighted by atomic mass is 10.1. The van der Waals surface area contributed by atoms with Crippen molar-refractivity contribution in [1.82, 2.24) is 0 Å². The SMILES string of the molecule is CN(c1c(F)cccc1CBr)C1CCCC1. The Labute approximate surface area is 105 Å². The number of hydrogen-bond donors (Lipinski definition) is 0. The van der Waals surface area contributed by atoms with Crippen molar-refractivity contribution in [3.8, 4) is 0 Å². The molecule has 1 saturated carbocycles. The van der Waals surface area contributed by atoms with Gasteiger partial charge in [0, 0.05) is 18.4 Å². The van der Waals surface area contributed by atoms with Crippen LogP contribution < -0.4 is 4.90 Å². The molecular formula is C13H17BrFN. The molecule has 0 aromatic heterocycles. The monoisotopic (exact) mass is 285 g/mol. The molecule has 1 aliphatic rings. The lowest BCUT2D eigenvalue weighted by molar-refractivity contribution is 0.593. The number of rotatable bonds is 3. The van der Waals surface area contributed by atoms with Crippen LogP contribution in [0.1, 0.15) is 31.2 Å². The first-order valence-corrected chi connectivity index (χ1v) is 6.92. The fourth-order valence-electron chi connectivity index (χ4n) is 2.54. The summed E-state index contributed by atoms with van der Waals surface area (Å²) in [4.78, 5) is 2.12. The number of alkyl halides is 1. The van der Waals surface area contributed by atoms with Gasteiger partial charge in [0.25, 0.3) is 0 Å². The third kappa shape index (κ3) is 2.24. The Balaban J connectivity index is 2.30. The van der Waals surface area contributed by atoms with Gasteiger partial charge in [-0.15, -0.1) is 0 Å². The summed E-state index contributed by atoms with van der Waals surface area (Å²) in [5, 5.41) is 0.706. The van der Waals surface area contributed by atoms with Crippen LogP contribution in [0.2, 0.25) is 0 Å². The van der Waals surface area contributed by atoms with Gasteiger partial charge in [0.05, 0.1) is 5.69 Å². The number of nitrogens with zero attached hydrogens (tertiary/aromatic N) is 1. The molecule has 0 heterocycles. The molecule has 0 unspecified atom stereocenters. The van der Waals surface area contributed by atoms with Gasteiger partial charge in [0.1, 0.15) is 5.82 Å². The first kappa shape index (κ1) is 11.9. The minimum Gasteiger partial charge on any atom is -0.369 e. The van der Waals surface area contributed by atoms with E-state index in [1.165, 1.54) is 25.7 Å². The molecule has 3 heteroatoms. The molecule has 2 rings (SSSR count). The second-order valence-corrected chi connectivity index (χ2v) is 4.99. The fraction of sp³-hybridized carbons (Fsp3) is 0.538. The first-order chi connectivity index (χ1) is 7.74. The van der Waals surface area contributed by atoms with Crippen molar-refractivity contribution in [3.05, 3.63) is 29.6 Å². The molecule has 0 N–H and O–H groups in total. The molecule has 1 aromatic rings. The largest absolute Gasteiger partial charge is 0.369 e. The zero-order valence-corrected chi connectivity index (χ0v) is 11.1. The number of anilines is 1. The van der Waals surface area contributed by atoms with Crippen molar-refractivity contribution >= 4 is 21.6 Å². The van der Waals surface area contributed by atoms with E-state index in [1.54, 1.807) is 12.1 Å². The van der Waals surface area contributed by atoms with Gasteiger partial charge < -0.3 is 4.90 Å². The van der Waals surface area contributed by atoms with E-state index in [2.05, 4.69) is 20.8 Å². The molecule has 1 nitrogen and oxygen atoms in total. The van der Waals surface area contributed by atoms with Crippen LogP contribution in [0, 0.1) is 5.82 Å². The third-order valence-corrected chi connectivity index (χ3v) is 4.04. The minimum absolute atomic E-state index is 0.105. The maximum atomic E-state index is 13.9. The van der Waals surface area contributed by atoms with E-state index in [4.69, 9.17) is 0 Å². The molecule has 0 bridgehead atoms. The summed E-state index contributed by atoms with van der Waals surface area (Å²) in [6.07, 6.45) is 4.92. The van der Waals surface area contributed by atoms with Crippen LogP contribution in [-0.2, 0) is 5.33 Å². The van der Waals surface area contributed by atoms with Crippen molar-refractivity contribution in [1.29, 1.82) is 0 Å². The van der Waals surface area contributed by atoms with Crippen LogP contribution in [0.5, 0.6) is 0 Å². The summed E-state index contributed by atoms with van der Waals surface area (Å²) in [6, 6.07) is 5.82. The minimum atomic E-state index is -0.105. The molecule has 0 saturated heterocycles. The van der Waals surface area contributed by atoms with Gasteiger partial charge in [-0.2, -0.15) is 0 Å². The highest BCUT2D eigenvalue weighted by Crippen LogP contribution is 2.32. The summed E-state index contributed by atoms with van der Waals surface area (Å²) in [5.41, 5.74) is 1.81. The number of halogens is 2. The van der Waals surface area contributed by atoms with Crippen molar-refractivity contribution in [2.75, 3.05) is 11.9 Å². The molecule has 0 amide bonds. The van der Waals surface area contributed by atoms with Gasteiger partial charge in [-0.25, -0.2) is 4.39 Å². The Kier molecular flexibility index (Phi) is 3.85. The maximum Gasteiger partial charge on any atom is 0.146 e. The molecule has 0 radical (unpaired) electrons. The summed E-state index contributed by atoms with van der Waals surface area (Å²) in [5.74, 6) is -0.105. The first-order valence-electron chi connectivity index (χ1n) is 5.80. The predicted molar refractivity (Wildman–Crippen MR) is 69.7 cm³/mol. The summed E-state index contributed by atoms with van der Waals surface area (Å²) in [6.45, 7) is 0. The zero-order chi connectivity index (χ0) is 11.5. The number of para-hydroxylation sites is 1. The Hall–Kier alpha value is -0.570. The van der Waals surface area contributed by atoms with Gasteiger partial charge in [-0.05, 0) is 24.5 Å². The van der Waals surface area contributed by atoms with Crippen LogP contribution in [0.4, 0.5) is 10.1 Å². The van der Waals surface area contributed by atoms with Crippen LogP contribution in [0.25, 0.3) is 0 Å². The highest BCUT2D eigenvalue weighted by molar-refractivity contribution is 9.08. The Morgan fingerprint density at radius 2 is 2.06 bits per heavy atom. The second kappa shape index (κ2) is 5.17. The smallest absolute Gasteiger partial charge is 0.146 e. The standard InChI is InChI=1S/C13H17BrFN/c1-16(11-6-2-3-7-11)13-10(9-14)5-4-8-12(13)15/h4-5,8,11H,2-3,6-7,9H2,1H3. The van der Waals surface area contributed by atoms with E-state index in [0.29, 0.717) is 11.4 Å². The quantitative estimate of drug-likeness (QED) is 0.756. The summed E-state index contributed by atoms with van der Waals surface area (Å²) in [7, 11) is 2.01. The van der Waals surface area contributed by atoms with Crippen molar-refractivity contribution in [3.63, 3.8) is 0 Å². The number of hydrogen-bond acceptors (Lipinski definition) is 1.